The average molecular weight is 394 g/mol. The van der Waals surface area contributed by atoms with Crippen LogP contribution in [0.1, 0.15) is 34.7 Å². The van der Waals surface area contributed by atoms with Gasteiger partial charge < -0.3 is 11.5 Å². The molecule has 0 bridgehead atoms. The van der Waals surface area contributed by atoms with Crippen molar-refractivity contribution in [2.45, 2.75) is 25.7 Å². The van der Waals surface area contributed by atoms with Crippen LogP contribution in [-0.2, 0) is 16.4 Å². The lowest BCUT2D eigenvalue weighted by Gasteiger charge is -2.26. The molecule has 4 N–H and O–H groups in total. The molecule has 1 heterocycles. The van der Waals surface area contributed by atoms with E-state index in [1.807, 2.05) is 31.2 Å². The van der Waals surface area contributed by atoms with Crippen molar-refractivity contribution in [1.29, 1.82) is 0 Å². The minimum absolute atomic E-state index is 0.0288. The molecular weight excluding hydrogens is 374 g/mol. The second kappa shape index (κ2) is 6.77. The zero-order valence-corrected chi connectivity index (χ0v) is 16.0. The molecule has 26 heavy (non-hydrogen) atoms. The average Bonchev–Trinajstić information content (AvgIpc) is 2.90. The second-order valence-electron chi connectivity index (χ2n) is 6.39. The summed E-state index contributed by atoms with van der Waals surface area (Å²) >= 11 is 6.36. The summed E-state index contributed by atoms with van der Waals surface area (Å²) in [7, 11) is -3.45. The summed E-state index contributed by atoms with van der Waals surface area (Å²) in [5.74, 6) is -0.182. The van der Waals surface area contributed by atoms with Gasteiger partial charge in [0.05, 0.1) is 12.0 Å². The molecule has 3 rings (SSSR count). The Kier molecular flexibility index (Phi) is 4.81. The van der Waals surface area contributed by atoms with E-state index < -0.39 is 10.0 Å². The third-order valence-corrected chi connectivity index (χ3v) is 5.80. The Bertz CT molecular complexity index is 1020. The quantitative estimate of drug-likeness (QED) is 0.471. The van der Waals surface area contributed by atoms with Gasteiger partial charge in [-0.15, -0.1) is 5.10 Å². The van der Waals surface area contributed by atoms with Crippen LogP contribution in [-0.4, -0.2) is 30.3 Å². The molecule has 1 unspecified atom stereocenters. The highest BCUT2D eigenvalue weighted by atomic mass is 35.5. The predicted octanol–water partition coefficient (Wildman–Crippen LogP) is 1.97. The monoisotopic (exact) mass is 393 g/mol. The molecule has 1 aliphatic rings. The van der Waals surface area contributed by atoms with Gasteiger partial charge in [0.15, 0.2) is 0 Å². The largest absolute Gasteiger partial charge is 0.369 e. The summed E-state index contributed by atoms with van der Waals surface area (Å²) in [6, 6.07) is 7.53. The van der Waals surface area contributed by atoms with Crippen LogP contribution in [0.25, 0.3) is 0 Å². The van der Waals surface area contributed by atoms with Crippen molar-refractivity contribution in [3.63, 3.8) is 0 Å². The van der Waals surface area contributed by atoms with Gasteiger partial charge in [0.25, 0.3) is 0 Å². The van der Waals surface area contributed by atoms with E-state index in [1.54, 1.807) is 6.20 Å². The van der Waals surface area contributed by atoms with E-state index >= 15 is 0 Å². The fraction of sp³-hybridized carbons (Fsp3) is 0.294. The SMILES string of the molecule is Cc1cn(S(C)(=O)=O)c2c1/C(=N/N=C(N)N)CC(c1ccccc1Cl)C2. The third-order valence-electron chi connectivity index (χ3n) is 4.42. The first-order chi connectivity index (χ1) is 12.2. The van der Waals surface area contributed by atoms with Crippen LogP contribution in [0.5, 0.6) is 0 Å². The smallest absolute Gasteiger partial charge is 0.235 e. The Labute approximate surface area is 157 Å². The van der Waals surface area contributed by atoms with Crippen molar-refractivity contribution in [2.75, 3.05) is 6.26 Å². The molecule has 0 amide bonds. The number of nitrogens with zero attached hydrogens (tertiary/aromatic N) is 3. The molecule has 0 radical (unpaired) electrons. The first-order valence-electron chi connectivity index (χ1n) is 8.00. The molecule has 0 saturated heterocycles. The molecule has 0 saturated carbocycles. The van der Waals surface area contributed by atoms with Crippen molar-refractivity contribution < 1.29 is 8.42 Å². The van der Waals surface area contributed by atoms with Crippen molar-refractivity contribution in [2.24, 2.45) is 21.7 Å². The molecule has 1 aromatic carbocycles. The summed E-state index contributed by atoms with van der Waals surface area (Å²) in [6.45, 7) is 1.85. The number of aromatic nitrogens is 1. The van der Waals surface area contributed by atoms with Crippen LogP contribution in [0.15, 0.2) is 40.7 Å². The van der Waals surface area contributed by atoms with Crippen molar-refractivity contribution in [1.82, 2.24) is 3.97 Å². The minimum atomic E-state index is -3.45. The van der Waals surface area contributed by atoms with E-state index in [9.17, 15) is 8.42 Å². The third kappa shape index (κ3) is 3.47. The Morgan fingerprint density at radius 1 is 1.27 bits per heavy atom. The van der Waals surface area contributed by atoms with Gasteiger partial charge in [-0.25, -0.2) is 12.4 Å². The van der Waals surface area contributed by atoms with Crippen LogP contribution in [0.3, 0.4) is 0 Å². The number of halogens is 1. The summed E-state index contributed by atoms with van der Waals surface area (Å²) in [6.07, 6.45) is 3.88. The number of hydrogen-bond donors (Lipinski definition) is 2. The number of hydrogen-bond acceptors (Lipinski definition) is 4. The molecule has 1 atom stereocenters. The van der Waals surface area contributed by atoms with Gasteiger partial charge >= 0.3 is 0 Å². The van der Waals surface area contributed by atoms with E-state index in [1.165, 1.54) is 10.2 Å². The van der Waals surface area contributed by atoms with E-state index in [2.05, 4.69) is 10.2 Å². The summed E-state index contributed by atoms with van der Waals surface area (Å²) in [4.78, 5) is 0. The maximum atomic E-state index is 12.2. The minimum Gasteiger partial charge on any atom is -0.369 e. The normalized spacial score (nSPS) is 18.6. The zero-order chi connectivity index (χ0) is 19.1. The lowest BCUT2D eigenvalue weighted by molar-refractivity contribution is 0.587. The summed E-state index contributed by atoms with van der Waals surface area (Å²) in [5.41, 5.74) is 14.7. The molecule has 1 aromatic heterocycles. The Morgan fingerprint density at radius 3 is 2.58 bits per heavy atom. The zero-order valence-electron chi connectivity index (χ0n) is 14.5. The molecule has 0 fully saturated rings. The molecule has 7 nitrogen and oxygen atoms in total. The Hall–Kier alpha value is -2.32. The van der Waals surface area contributed by atoms with E-state index in [0.717, 1.165) is 16.7 Å². The van der Waals surface area contributed by atoms with Gasteiger partial charge in [0.1, 0.15) is 0 Å². The topological polar surface area (TPSA) is 116 Å². The molecule has 0 aliphatic heterocycles. The van der Waals surface area contributed by atoms with Gasteiger partial charge in [0, 0.05) is 22.5 Å². The molecule has 138 valence electrons. The van der Waals surface area contributed by atoms with Crippen molar-refractivity contribution in [3.8, 4) is 0 Å². The number of rotatable bonds is 3. The van der Waals surface area contributed by atoms with Gasteiger partial charge in [-0.2, -0.15) is 5.10 Å². The van der Waals surface area contributed by atoms with Crippen LogP contribution in [0.4, 0.5) is 0 Å². The Balaban J connectivity index is 2.20. The molecule has 2 aromatic rings. The van der Waals surface area contributed by atoms with Crippen LogP contribution in [0, 0.1) is 6.92 Å². The first-order valence-corrected chi connectivity index (χ1v) is 10.2. The fourth-order valence-electron chi connectivity index (χ4n) is 3.41. The van der Waals surface area contributed by atoms with E-state index in [4.69, 9.17) is 23.1 Å². The standard InChI is InChI=1S/C17H20ClN5O2S/c1-10-9-23(26(2,24)25)15-8-11(12-5-3-4-6-13(12)18)7-14(16(10)15)21-22-17(19)20/h3-6,9,11H,7-8H2,1-2H3,(H4,19,20,22)/b21-14+. The van der Waals surface area contributed by atoms with Crippen molar-refractivity contribution >= 4 is 33.3 Å². The highest BCUT2D eigenvalue weighted by Gasteiger charge is 2.32. The van der Waals surface area contributed by atoms with Gasteiger partial charge in [-0.1, -0.05) is 29.8 Å². The molecule has 9 heteroatoms. The van der Waals surface area contributed by atoms with E-state index in [-0.39, 0.29) is 11.9 Å². The maximum absolute atomic E-state index is 12.2. The number of benzene rings is 1. The second-order valence-corrected chi connectivity index (χ2v) is 8.66. The first kappa shape index (κ1) is 18.5. The van der Waals surface area contributed by atoms with Crippen LogP contribution >= 0.6 is 11.6 Å². The fourth-order valence-corrected chi connectivity index (χ4v) is 4.62. The lowest BCUT2D eigenvalue weighted by atomic mass is 9.81. The summed E-state index contributed by atoms with van der Waals surface area (Å²) < 4.78 is 25.8. The maximum Gasteiger partial charge on any atom is 0.235 e. The van der Waals surface area contributed by atoms with Crippen LogP contribution < -0.4 is 11.5 Å². The van der Waals surface area contributed by atoms with Gasteiger partial charge in [0.2, 0.25) is 16.0 Å². The number of nitrogens with two attached hydrogens (primary N) is 2. The number of aryl methyl sites for hydroxylation is 1. The number of fused-ring (bicyclic) bond motifs is 1. The van der Waals surface area contributed by atoms with Crippen molar-refractivity contribution in [3.05, 3.63) is 57.9 Å². The van der Waals surface area contributed by atoms with E-state index in [0.29, 0.717) is 29.3 Å². The molecular formula is C17H20ClN5O2S. The number of guanidine groups is 1. The highest BCUT2D eigenvalue weighted by Crippen LogP contribution is 2.38. The lowest BCUT2D eigenvalue weighted by Crippen LogP contribution is -2.25. The Morgan fingerprint density at radius 2 is 1.96 bits per heavy atom. The van der Waals surface area contributed by atoms with Gasteiger partial charge in [-0.3, -0.25) is 0 Å². The van der Waals surface area contributed by atoms with Crippen LogP contribution in [0.2, 0.25) is 5.02 Å². The predicted molar refractivity (Wildman–Crippen MR) is 104 cm³/mol. The molecule has 1 aliphatic carbocycles. The van der Waals surface area contributed by atoms with Gasteiger partial charge in [-0.05, 0) is 42.9 Å². The summed E-state index contributed by atoms with van der Waals surface area (Å²) in [5, 5.41) is 8.60. The molecule has 0 spiro atoms. The highest BCUT2D eigenvalue weighted by molar-refractivity contribution is 7.89.